The fourth-order valence-corrected chi connectivity index (χ4v) is 3.09. The molecule has 0 spiro atoms. The third-order valence-corrected chi connectivity index (χ3v) is 3.98. The maximum atomic E-state index is 5.63. The minimum absolute atomic E-state index is 0.292. The maximum Gasteiger partial charge on any atom is 0.231 e. The van der Waals surface area contributed by atoms with Crippen molar-refractivity contribution in [3.8, 4) is 22.8 Å². The van der Waals surface area contributed by atoms with Crippen LogP contribution in [0.15, 0.2) is 29.8 Å². The average molecular weight is 273 g/mol. The van der Waals surface area contributed by atoms with E-state index in [-0.39, 0.29) is 0 Å². The summed E-state index contributed by atoms with van der Waals surface area (Å²) in [6, 6.07) is 5.95. The SMILES string of the molecule is NCc1cn2c(-c3ccc4c(c3)OCO4)csc2n1. The Morgan fingerprint density at radius 2 is 2.21 bits per heavy atom. The highest BCUT2D eigenvalue weighted by molar-refractivity contribution is 7.15. The van der Waals surface area contributed by atoms with Crippen LogP contribution < -0.4 is 15.2 Å². The van der Waals surface area contributed by atoms with Crippen molar-refractivity contribution in [2.45, 2.75) is 6.54 Å². The van der Waals surface area contributed by atoms with E-state index in [9.17, 15) is 0 Å². The van der Waals surface area contributed by atoms with Crippen LogP contribution in [-0.2, 0) is 6.54 Å². The Morgan fingerprint density at radius 3 is 3.11 bits per heavy atom. The molecule has 0 amide bonds. The molecule has 3 aromatic rings. The number of nitrogens with two attached hydrogens (primary N) is 1. The van der Waals surface area contributed by atoms with Gasteiger partial charge in [0.05, 0.1) is 11.4 Å². The van der Waals surface area contributed by atoms with Crippen molar-refractivity contribution in [3.05, 3.63) is 35.5 Å². The van der Waals surface area contributed by atoms with Crippen LogP contribution in [0.5, 0.6) is 11.5 Å². The van der Waals surface area contributed by atoms with Gasteiger partial charge in [-0.25, -0.2) is 4.98 Å². The van der Waals surface area contributed by atoms with Gasteiger partial charge in [0.1, 0.15) is 0 Å². The summed E-state index contributed by atoms with van der Waals surface area (Å²) in [5.41, 5.74) is 8.69. The van der Waals surface area contributed by atoms with Crippen molar-refractivity contribution in [3.63, 3.8) is 0 Å². The lowest BCUT2D eigenvalue weighted by Gasteiger charge is -2.01. The van der Waals surface area contributed by atoms with Crippen molar-refractivity contribution in [1.29, 1.82) is 0 Å². The van der Waals surface area contributed by atoms with Gasteiger partial charge in [-0.3, -0.25) is 4.40 Å². The summed E-state index contributed by atoms with van der Waals surface area (Å²) in [5, 5.41) is 2.08. The average Bonchev–Trinajstić information content (AvgIpc) is 3.12. The minimum Gasteiger partial charge on any atom is -0.454 e. The molecule has 0 unspecified atom stereocenters. The fourth-order valence-electron chi connectivity index (χ4n) is 2.19. The highest BCUT2D eigenvalue weighted by Gasteiger charge is 2.16. The van der Waals surface area contributed by atoms with Crippen LogP contribution in [0.2, 0.25) is 0 Å². The number of hydrogen-bond donors (Lipinski definition) is 1. The van der Waals surface area contributed by atoms with Crippen LogP contribution in [-0.4, -0.2) is 16.2 Å². The number of ether oxygens (including phenoxy) is 2. The van der Waals surface area contributed by atoms with E-state index >= 15 is 0 Å². The molecule has 6 heteroatoms. The zero-order chi connectivity index (χ0) is 12.8. The first-order valence-electron chi connectivity index (χ1n) is 5.91. The summed E-state index contributed by atoms with van der Waals surface area (Å²) in [5.74, 6) is 1.58. The van der Waals surface area contributed by atoms with Crippen LogP contribution in [0.1, 0.15) is 5.69 Å². The van der Waals surface area contributed by atoms with Gasteiger partial charge in [-0.2, -0.15) is 0 Å². The van der Waals surface area contributed by atoms with E-state index in [1.54, 1.807) is 11.3 Å². The van der Waals surface area contributed by atoms with E-state index in [2.05, 4.69) is 14.8 Å². The molecular weight excluding hydrogens is 262 g/mol. The first-order valence-corrected chi connectivity index (χ1v) is 6.78. The largest absolute Gasteiger partial charge is 0.454 e. The number of hydrogen-bond acceptors (Lipinski definition) is 5. The van der Waals surface area contributed by atoms with Crippen molar-refractivity contribution in [2.75, 3.05) is 6.79 Å². The van der Waals surface area contributed by atoms with E-state index in [4.69, 9.17) is 15.2 Å². The summed E-state index contributed by atoms with van der Waals surface area (Å²) in [4.78, 5) is 5.40. The normalized spacial score (nSPS) is 13.3. The molecule has 1 aliphatic rings. The van der Waals surface area contributed by atoms with Crippen LogP contribution in [0.25, 0.3) is 16.2 Å². The van der Waals surface area contributed by atoms with Crippen molar-refractivity contribution >= 4 is 16.3 Å². The third kappa shape index (κ3) is 1.61. The fraction of sp³-hybridized carbons (Fsp3) is 0.154. The van der Waals surface area contributed by atoms with Gasteiger partial charge < -0.3 is 15.2 Å². The van der Waals surface area contributed by atoms with Crippen molar-refractivity contribution < 1.29 is 9.47 Å². The molecule has 0 fully saturated rings. The smallest absolute Gasteiger partial charge is 0.231 e. The van der Waals surface area contributed by atoms with E-state index in [1.807, 2.05) is 24.4 Å². The Kier molecular flexibility index (Phi) is 2.27. The van der Waals surface area contributed by atoms with Gasteiger partial charge in [0.2, 0.25) is 6.79 Å². The highest BCUT2D eigenvalue weighted by atomic mass is 32.1. The summed E-state index contributed by atoms with van der Waals surface area (Å²) in [7, 11) is 0. The lowest BCUT2D eigenvalue weighted by molar-refractivity contribution is 0.174. The quantitative estimate of drug-likeness (QED) is 0.778. The maximum absolute atomic E-state index is 5.63. The number of imidazole rings is 1. The Hall–Kier alpha value is -2.05. The van der Waals surface area contributed by atoms with Crippen LogP contribution in [0.4, 0.5) is 0 Å². The van der Waals surface area contributed by atoms with E-state index in [0.717, 1.165) is 33.4 Å². The van der Waals surface area contributed by atoms with Gasteiger partial charge in [0.15, 0.2) is 16.5 Å². The zero-order valence-electron chi connectivity index (χ0n) is 10.00. The van der Waals surface area contributed by atoms with E-state index < -0.39 is 0 Å². The number of nitrogens with zero attached hydrogens (tertiary/aromatic N) is 2. The molecule has 0 saturated heterocycles. The van der Waals surface area contributed by atoms with Gasteiger partial charge >= 0.3 is 0 Å². The molecule has 19 heavy (non-hydrogen) atoms. The van der Waals surface area contributed by atoms with Crippen molar-refractivity contribution in [2.24, 2.45) is 5.73 Å². The second-order valence-electron chi connectivity index (χ2n) is 4.28. The van der Waals surface area contributed by atoms with Gasteiger partial charge in [0.25, 0.3) is 0 Å². The van der Waals surface area contributed by atoms with Crippen molar-refractivity contribution in [1.82, 2.24) is 9.38 Å². The number of thiazole rings is 1. The Labute approximate surface area is 113 Å². The Balaban J connectivity index is 1.87. The van der Waals surface area contributed by atoms with Crippen LogP contribution in [0.3, 0.4) is 0 Å². The minimum atomic E-state index is 0.292. The third-order valence-electron chi connectivity index (χ3n) is 3.14. The Bertz CT molecular complexity index is 762. The number of fused-ring (bicyclic) bond motifs is 2. The first kappa shape index (κ1) is 10.8. The predicted molar refractivity (Wildman–Crippen MR) is 72.5 cm³/mol. The van der Waals surface area contributed by atoms with E-state index in [0.29, 0.717) is 13.3 Å². The van der Waals surface area contributed by atoms with Gasteiger partial charge in [0, 0.05) is 23.7 Å². The number of rotatable bonds is 2. The zero-order valence-corrected chi connectivity index (χ0v) is 10.8. The Morgan fingerprint density at radius 1 is 1.32 bits per heavy atom. The molecule has 3 heterocycles. The van der Waals surface area contributed by atoms with Gasteiger partial charge in [-0.15, -0.1) is 11.3 Å². The predicted octanol–water partition coefficient (Wildman–Crippen LogP) is 2.25. The molecule has 0 atom stereocenters. The second-order valence-corrected chi connectivity index (χ2v) is 5.11. The number of benzene rings is 1. The summed E-state index contributed by atoms with van der Waals surface area (Å²) >= 11 is 1.60. The standard InChI is InChI=1S/C13H11N3O2S/c14-4-9-5-16-10(6-19-13(16)15-9)8-1-2-11-12(3-8)18-7-17-11/h1-3,5-6H,4,7,14H2. The van der Waals surface area contributed by atoms with Crippen LogP contribution in [0, 0.1) is 0 Å². The molecule has 96 valence electrons. The molecule has 0 radical (unpaired) electrons. The molecule has 0 aliphatic carbocycles. The lowest BCUT2D eigenvalue weighted by Crippen LogP contribution is -1.95. The topological polar surface area (TPSA) is 61.8 Å². The van der Waals surface area contributed by atoms with E-state index in [1.165, 1.54) is 0 Å². The number of aromatic nitrogens is 2. The second kappa shape index (κ2) is 3.97. The summed E-state index contributed by atoms with van der Waals surface area (Å²) < 4.78 is 12.8. The molecular formula is C13H11N3O2S. The molecule has 2 aromatic heterocycles. The molecule has 5 nitrogen and oxygen atoms in total. The van der Waals surface area contributed by atoms with Gasteiger partial charge in [-0.1, -0.05) is 0 Å². The molecule has 4 rings (SSSR count). The molecule has 1 aliphatic heterocycles. The lowest BCUT2D eigenvalue weighted by atomic mass is 10.1. The van der Waals surface area contributed by atoms with Gasteiger partial charge in [-0.05, 0) is 18.2 Å². The molecule has 0 bridgehead atoms. The first-order chi connectivity index (χ1) is 9.35. The molecule has 0 saturated carbocycles. The monoisotopic (exact) mass is 273 g/mol. The summed E-state index contributed by atoms with van der Waals surface area (Å²) in [6.45, 7) is 0.745. The molecule has 1 aromatic carbocycles. The molecule has 2 N–H and O–H groups in total. The van der Waals surface area contributed by atoms with Crippen LogP contribution >= 0.6 is 11.3 Å². The highest BCUT2D eigenvalue weighted by Crippen LogP contribution is 2.36. The summed E-state index contributed by atoms with van der Waals surface area (Å²) in [6.07, 6.45) is 1.98.